The number of rotatable bonds is 2. The van der Waals surface area contributed by atoms with Crippen molar-refractivity contribution in [3.63, 3.8) is 0 Å². The fourth-order valence-corrected chi connectivity index (χ4v) is 2.62. The van der Waals surface area contributed by atoms with E-state index in [4.69, 9.17) is 0 Å². The van der Waals surface area contributed by atoms with Crippen LogP contribution < -0.4 is 5.32 Å². The highest BCUT2D eigenvalue weighted by Gasteiger charge is 2.25. The maximum absolute atomic E-state index is 3.72. The molecule has 1 aromatic carbocycles. The highest BCUT2D eigenvalue weighted by atomic mass is 14.9. The van der Waals surface area contributed by atoms with E-state index < -0.39 is 0 Å². The van der Waals surface area contributed by atoms with Crippen molar-refractivity contribution in [1.82, 2.24) is 0 Å². The Morgan fingerprint density at radius 2 is 1.94 bits per heavy atom. The predicted molar refractivity (Wildman–Crippen MR) is 75.4 cm³/mol. The SMILES string of the molecule is CC1Cc2ccccc2NC1CCC(C)(C)C. The summed E-state index contributed by atoms with van der Waals surface area (Å²) in [6.45, 7) is 9.35. The third kappa shape index (κ3) is 3.24. The summed E-state index contributed by atoms with van der Waals surface area (Å²) in [5, 5.41) is 3.72. The molecule has 0 aliphatic carbocycles. The van der Waals surface area contributed by atoms with Crippen molar-refractivity contribution in [3.05, 3.63) is 29.8 Å². The van der Waals surface area contributed by atoms with Crippen LogP contribution in [0.3, 0.4) is 0 Å². The Morgan fingerprint density at radius 1 is 1.24 bits per heavy atom. The second-order valence-electron chi connectivity index (χ2n) is 6.69. The molecule has 1 nitrogen and oxygen atoms in total. The zero-order chi connectivity index (χ0) is 12.5. The van der Waals surface area contributed by atoms with Crippen LogP contribution in [-0.2, 0) is 6.42 Å². The first-order valence-corrected chi connectivity index (χ1v) is 6.80. The van der Waals surface area contributed by atoms with Gasteiger partial charge in [0.15, 0.2) is 0 Å². The summed E-state index contributed by atoms with van der Waals surface area (Å²) in [4.78, 5) is 0. The Labute approximate surface area is 106 Å². The van der Waals surface area contributed by atoms with Crippen LogP contribution in [0.4, 0.5) is 5.69 Å². The summed E-state index contributed by atoms with van der Waals surface area (Å²) >= 11 is 0. The van der Waals surface area contributed by atoms with Crippen LogP contribution in [0.5, 0.6) is 0 Å². The highest BCUT2D eigenvalue weighted by molar-refractivity contribution is 5.54. The molecule has 0 fully saturated rings. The Balaban J connectivity index is 2.02. The van der Waals surface area contributed by atoms with Gasteiger partial charge in [0.1, 0.15) is 0 Å². The summed E-state index contributed by atoms with van der Waals surface area (Å²) in [5.74, 6) is 0.743. The minimum absolute atomic E-state index is 0.443. The first-order valence-electron chi connectivity index (χ1n) is 6.80. The molecule has 1 aromatic rings. The molecule has 0 saturated heterocycles. The Bertz CT molecular complexity index is 375. The van der Waals surface area contributed by atoms with Crippen LogP contribution in [0, 0.1) is 11.3 Å². The molecule has 2 rings (SSSR count). The zero-order valence-corrected chi connectivity index (χ0v) is 11.6. The Hall–Kier alpha value is -0.980. The van der Waals surface area contributed by atoms with Gasteiger partial charge in [0.05, 0.1) is 0 Å². The van der Waals surface area contributed by atoms with Crippen LogP contribution in [0.25, 0.3) is 0 Å². The van der Waals surface area contributed by atoms with Crippen molar-refractivity contribution < 1.29 is 0 Å². The second-order valence-corrected chi connectivity index (χ2v) is 6.69. The molecule has 1 heterocycles. The molecule has 1 aliphatic heterocycles. The molecule has 2 atom stereocenters. The van der Waals surface area contributed by atoms with Crippen LogP contribution >= 0.6 is 0 Å². The standard InChI is InChI=1S/C16H25N/c1-12-11-13-7-5-6-8-15(13)17-14(12)9-10-16(2,3)4/h5-8,12,14,17H,9-11H2,1-4H3. The fourth-order valence-electron chi connectivity index (χ4n) is 2.62. The van der Waals surface area contributed by atoms with Crippen molar-refractivity contribution in [2.45, 2.75) is 53.0 Å². The molecular formula is C16H25N. The smallest absolute Gasteiger partial charge is 0.0375 e. The number of anilines is 1. The highest BCUT2D eigenvalue weighted by Crippen LogP contribution is 2.32. The van der Waals surface area contributed by atoms with E-state index in [1.165, 1.54) is 30.5 Å². The van der Waals surface area contributed by atoms with Crippen molar-refractivity contribution in [2.24, 2.45) is 11.3 Å². The lowest BCUT2D eigenvalue weighted by Gasteiger charge is -2.34. The maximum Gasteiger partial charge on any atom is 0.0375 e. The molecule has 1 aliphatic rings. The lowest BCUT2D eigenvalue weighted by atomic mass is 9.82. The van der Waals surface area contributed by atoms with Crippen molar-refractivity contribution >= 4 is 5.69 Å². The van der Waals surface area contributed by atoms with Gasteiger partial charge in [-0.05, 0) is 42.2 Å². The largest absolute Gasteiger partial charge is 0.382 e. The molecule has 0 saturated carbocycles. The lowest BCUT2D eigenvalue weighted by molar-refractivity contribution is 0.323. The molecule has 0 amide bonds. The van der Waals surface area contributed by atoms with Gasteiger partial charge in [-0.1, -0.05) is 45.9 Å². The number of para-hydroxylation sites is 1. The fraction of sp³-hybridized carbons (Fsp3) is 0.625. The molecule has 0 radical (unpaired) electrons. The molecule has 1 heteroatoms. The minimum Gasteiger partial charge on any atom is -0.382 e. The van der Waals surface area contributed by atoms with Gasteiger partial charge < -0.3 is 5.32 Å². The number of fused-ring (bicyclic) bond motifs is 1. The van der Waals surface area contributed by atoms with E-state index in [0.29, 0.717) is 11.5 Å². The molecule has 0 aromatic heterocycles. The van der Waals surface area contributed by atoms with Crippen LogP contribution in [0.1, 0.15) is 46.1 Å². The van der Waals surface area contributed by atoms with Crippen molar-refractivity contribution in [2.75, 3.05) is 5.32 Å². The van der Waals surface area contributed by atoms with E-state index in [1.807, 2.05) is 0 Å². The maximum atomic E-state index is 3.72. The topological polar surface area (TPSA) is 12.0 Å². The summed E-state index contributed by atoms with van der Waals surface area (Å²) < 4.78 is 0. The van der Waals surface area contributed by atoms with E-state index in [9.17, 15) is 0 Å². The number of hydrogen-bond acceptors (Lipinski definition) is 1. The summed E-state index contributed by atoms with van der Waals surface area (Å²) in [5.41, 5.74) is 3.27. The van der Waals surface area contributed by atoms with Gasteiger partial charge in [-0.15, -0.1) is 0 Å². The van der Waals surface area contributed by atoms with Crippen molar-refractivity contribution in [3.8, 4) is 0 Å². The third-order valence-corrected chi connectivity index (χ3v) is 3.79. The zero-order valence-electron chi connectivity index (χ0n) is 11.6. The van der Waals surface area contributed by atoms with E-state index in [1.54, 1.807) is 0 Å². The number of nitrogens with one attached hydrogen (secondary N) is 1. The average molecular weight is 231 g/mol. The predicted octanol–water partition coefficient (Wildman–Crippen LogP) is 4.49. The lowest BCUT2D eigenvalue weighted by Crippen LogP contribution is -2.34. The van der Waals surface area contributed by atoms with Gasteiger partial charge in [0.2, 0.25) is 0 Å². The van der Waals surface area contributed by atoms with Crippen LogP contribution in [-0.4, -0.2) is 6.04 Å². The van der Waals surface area contributed by atoms with Gasteiger partial charge >= 0.3 is 0 Å². The first kappa shape index (κ1) is 12.5. The van der Waals surface area contributed by atoms with Crippen LogP contribution in [0.15, 0.2) is 24.3 Å². The quantitative estimate of drug-likeness (QED) is 0.791. The number of benzene rings is 1. The summed E-state index contributed by atoms with van der Waals surface area (Å²) in [6, 6.07) is 9.37. The van der Waals surface area contributed by atoms with Gasteiger partial charge in [-0.25, -0.2) is 0 Å². The monoisotopic (exact) mass is 231 g/mol. The van der Waals surface area contributed by atoms with Crippen LogP contribution in [0.2, 0.25) is 0 Å². The van der Waals surface area contributed by atoms with Gasteiger partial charge in [-0.2, -0.15) is 0 Å². The molecule has 0 bridgehead atoms. The summed E-state index contributed by atoms with van der Waals surface area (Å²) in [6.07, 6.45) is 3.79. The molecule has 17 heavy (non-hydrogen) atoms. The number of hydrogen-bond donors (Lipinski definition) is 1. The van der Waals surface area contributed by atoms with Gasteiger partial charge in [-0.3, -0.25) is 0 Å². The van der Waals surface area contributed by atoms with E-state index in [-0.39, 0.29) is 0 Å². The van der Waals surface area contributed by atoms with E-state index in [2.05, 4.69) is 57.3 Å². The second kappa shape index (κ2) is 4.72. The van der Waals surface area contributed by atoms with Gasteiger partial charge in [0, 0.05) is 11.7 Å². The molecular weight excluding hydrogens is 206 g/mol. The van der Waals surface area contributed by atoms with E-state index in [0.717, 1.165) is 5.92 Å². The Kier molecular flexibility index (Phi) is 3.46. The Morgan fingerprint density at radius 3 is 2.65 bits per heavy atom. The normalized spacial score (nSPS) is 24.0. The minimum atomic E-state index is 0.443. The average Bonchev–Trinajstić information content (AvgIpc) is 2.25. The van der Waals surface area contributed by atoms with E-state index >= 15 is 0 Å². The van der Waals surface area contributed by atoms with Crippen molar-refractivity contribution in [1.29, 1.82) is 0 Å². The molecule has 94 valence electrons. The molecule has 1 N–H and O–H groups in total. The van der Waals surface area contributed by atoms with Gasteiger partial charge in [0.25, 0.3) is 0 Å². The third-order valence-electron chi connectivity index (χ3n) is 3.79. The first-order chi connectivity index (χ1) is 7.96. The summed E-state index contributed by atoms with van der Waals surface area (Å²) in [7, 11) is 0. The molecule has 0 spiro atoms. The molecule has 2 unspecified atom stereocenters.